The van der Waals surface area contributed by atoms with Crippen LogP contribution in [0.5, 0.6) is 0 Å². The van der Waals surface area contributed by atoms with E-state index in [4.69, 9.17) is 0 Å². The summed E-state index contributed by atoms with van der Waals surface area (Å²) < 4.78 is 32.4. The number of hydrogen-bond acceptors (Lipinski definition) is 3. The lowest BCUT2D eigenvalue weighted by molar-refractivity contribution is -0.118. The Kier molecular flexibility index (Phi) is 8.24. The second-order valence-corrected chi connectivity index (χ2v) is 12.5. The molecule has 1 atom stereocenters. The van der Waals surface area contributed by atoms with E-state index in [0.29, 0.717) is 5.69 Å². The fourth-order valence-corrected chi connectivity index (χ4v) is 7.00. The monoisotopic (exact) mass is 614 g/mol. The fraction of sp³-hybridized carbons (Fsp3) is 0.182. The third-order valence-corrected chi connectivity index (χ3v) is 9.52. The molecule has 1 unspecified atom stereocenters. The molecular weight excluding hydrogens is 584 g/mol. The van der Waals surface area contributed by atoms with Gasteiger partial charge in [0.05, 0.1) is 16.5 Å². The summed E-state index contributed by atoms with van der Waals surface area (Å²) in [4.78, 5) is 15.0. The van der Waals surface area contributed by atoms with E-state index in [1.54, 1.807) is 42.5 Å². The Bertz CT molecular complexity index is 1730. The van der Waals surface area contributed by atoms with Crippen molar-refractivity contribution >= 4 is 48.5 Å². The molecule has 7 heteroatoms. The average molecular weight is 616 g/mol. The minimum absolute atomic E-state index is 0.0452. The van der Waals surface area contributed by atoms with E-state index < -0.39 is 21.8 Å². The van der Waals surface area contributed by atoms with E-state index in [9.17, 15) is 13.2 Å². The first-order valence-corrected chi connectivity index (χ1v) is 15.6. The molecule has 0 aliphatic heterocycles. The van der Waals surface area contributed by atoms with E-state index in [0.717, 1.165) is 55.8 Å². The third-order valence-electron chi connectivity index (χ3n) is 7.25. The number of amides is 1. The maximum absolute atomic E-state index is 14.9. The minimum atomic E-state index is -4.25. The van der Waals surface area contributed by atoms with Gasteiger partial charge in [0.2, 0.25) is 0 Å². The van der Waals surface area contributed by atoms with Crippen LogP contribution in [0.4, 0.5) is 5.69 Å². The summed E-state index contributed by atoms with van der Waals surface area (Å²) in [5.74, 6) is -1.36. The van der Waals surface area contributed by atoms with Gasteiger partial charge in [-0.1, -0.05) is 96.0 Å². The lowest BCUT2D eigenvalue weighted by Gasteiger charge is -2.28. The number of para-hydroxylation sites is 2. The van der Waals surface area contributed by atoms with Gasteiger partial charge in [-0.3, -0.25) is 4.79 Å². The number of benzene rings is 4. The summed E-state index contributed by atoms with van der Waals surface area (Å²) >= 11 is 3.38. The lowest BCUT2D eigenvalue weighted by Crippen LogP contribution is -2.40. The van der Waals surface area contributed by atoms with E-state index >= 15 is 0 Å². The second-order valence-electron chi connectivity index (χ2n) is 9.78. The van der Waals surface area contributed by atoms with Crippen molar-refractivity contribution in [3.63, 3.8) is 0 Å². The Morgan fingerprint density at radius 2 is 1.45 bits per heavy atom. The van der Waals surface area contributed by atoms with Gasteiger partial charge in [-0.2, -0.15) is 0 Å². The van der Waals surface area contributed by atoms with Crippen molar-refractivity contribution in [3.8, 4) is 0 Å². The standard InChI is InChI=1S/C33H31BrN2O3S/c1-3-4-18-30-32(28-17-11-12-19-29(28)35(30)2)31(24-13-7-5-8-14-24)33(37)36(26-15-9-6-10-16-26)40(38,39)27-22-20-25(34)21-23-27/h5-17,19-23,31H,3-4,18H2,1-2H3. The summed E-state index contributed by atoms with van der Waals surface area (Å²) in [7, 11) is -2.23. The average Bonchev–Trinajstić information content (AvgIpc) is 3.24. The maximum atomic E-state index is 14.9. The van der Waals surface area contributed by atoms with Crippen molar-refractivity contribution in [2.24, 2.45) is 7.05 Å². The fourth-order valence-electron chi connectivity index (χ4n) is 5.30. The zero-order valence-corrected chi connectivity index (χ0v) is 24.9. The number of sulfonamides is 1. The van der Waals surface area contributed by atoms with Crippen LogP contribution in [0.1, 0.15) is 42.5 Å². The van der Waals surface area contributed by atoms with E-state index in [-0.39, 0.29) is 4.90 Å². The molecule has 0 fully saturated rings. The number of carbonyl (C=O) groups is 1. The van der Waals surface area contributed by atoms with Crippen molar-refractivity contribution in [3.05, 3.63) is 130 Å². The van der Waals surface area contributed by atoms with Crippen LogP contribution in [0, 0.1) is 0 Å². The highest BCUT2D eigenvalue weighted by atomic mass is 79.9. The summed E-state index contributed by atoms with van der Waals surface area (Å²) in [6, 6.07) is 32.5. The molecule has 5 nitrogen and oxygen atoms in total. The van der Waals surface area contributed by atoms with E-state index in [2.05, 4.69) is 27.4 Å². The zero-order chi connectivity index (χ0) is 28.3. The molecule has 5 rings (SSSR count). The van der Waals surface area contributed by atoms with Gasteiger partial charge in [0.15, 0.2) is 0 Å². The van der Waals surface area contributed by atoms with Gasteiger partial charge in [0.25, 0.3) is 15.9 Å². The number of aromatic nitrogens is 1. The number of fused-ring (bicyclic) bond motifs is 1. The highest BCUT2D eigenvalue weighted by Gasteiger charge is 2.39. The number of unbranched alkanes of at least 4 members (excludes halogenated alkanes) is 1. The molecule has 40 heavy (non-hydrogen) atoms. The van der Waals surface area contributed by atoms with Crippen LogP contribution in [0.25, 0.3) is 10.9 Å². The first-order valence-electron chi connectivity index (χ1n) is 13.4. The van der Waals surface area contributed by atoms with Crippen LogP contribution < -0.4 is 4.31 Å². The molecule has 0 radical (unpaired) electrons. The Balaban J connectivity index is 1.79. The molecule has 1 amide bonds. The van der Waals surface area contributed by atoms with Gasteiger partial charge in [-0.15, -0.1) is 0 Å². The van der Waals surface area contributed by atoms with Crippen LogP contribution in [-0.2, 0) is 28.3 Å². The van der Waals surface area contributed by atoms with E-state index in [1.165, 1.54) is 12.1 Å². The third kappa shape index (κ3) is 5.23. The topological polar surface area (TPSA) is 59.4 Å². The number of nitrogens with zero attached hydrogens (tertiary/aromatic N) is 2. The normalized spacial score (nSPS) is 12.4. The number of aryl methyl sites for hydroxylation is 1. The van der Waals surface area contributed by atoms with Crippen LogP contribution >= 0.6 is 15.9 Å². The SMILES string of the molecule is CCCCc1c(C(C(=O)N(c2ccccc2)S(=O)(=O)c2ccc(Br)cc2)c2ccccc2)c2ccccc2n1C. The molecular formula is C33H31BrN2O3S. The van der Waals surface area contributed by atoms with Crippen LogP contribution in [0.15, 0.2) is 119 Å². The Morgan fingerprint density at radius 3 is 2.10 bits per heavy atom. The molecule has 0 aliphatic rings. The largest absolute Gasteiger partial charge is 0.347 e. The molecule has 4 aromatic carbocycles. The Morgan fingerprint density at radius 1 is 0.850 bits per heavy atom. The highest BCUT2D eigenvalue weighted by Crippen LogP contribution is 2.39. The number of halogens is 1. The van der Waals surface area contributed by atoms with Gasteiger partial charge >= 0.3 is 0 Å². The first kappa shape index (κ1) is 27.9. The van der Waals surface area contributed by atoms with Crippen molar-refractivity contribution in [2.45, 2.75) is 37.0 Å². The molecule has 0 spiro atoms. The molecule has 0 saturated carbocycles. The first-order chi connectivity index (χ1) is 19.3. The summed E-state index contributed by atoms with van der Waals surface area (Å²) in [6.45, 7) is 2.14. The van der Waals surface area contributed by atoms with Gasteiger partial charge < -0.3 is 4.57 Å². The molecule has 5 aromatic rings. The number of carbonyl (C=O) groups excluding carboxylic acids is 1. The molecule has 1 heterocycles. The minimum Gasteiger partial charge on any atom is -0.347 e. The molecule has 0 bridgehead atoms. The predicted molar refractivity (Wildman–Crippen MR) is 165 cm³/mol. The van der Waals surface area contributed by atoms with Crippen molar-refractivity contribution < 1.29 is 13.2 Å². The van der Waals surface area contributed by atoms with Gasteiger partial charge in [-0.05, 0) is 66.4 Å². The van der Waals surface area contributed by atoms with Gasteiger partial charge in [0.1, 0.15) is 0 Å². The number of rotatable bonds is 9. The predicted octanol–water partition coefficient (Wildman–Crippen LogP) is 7.84. The smallest absolute Gasteiger partial charge is 0.270 e. The van der Waals surface area contributed by atoms with Crippen molar-refractivity contribution in [2.75, 3.05) is 4.31 Å². The number of hydrogen-bond donors (Lipinski definition) is 0. The quantitative estimate of drug-likeness (QED) is 0.170. The summed E-state index contributed by atoms with van der Waals surface area (Å²) in [6.07, 6.45) is 2.73. The van der Waals surface area contributed by atoms with Crippen LogP contribution in [0.2, 0.25) is 0 Å². The molecule has 204 valence electrons. The van der Waals surface area contributed by atoms with E-state index in [1.807, 2.05) is 61.6 Å². The Labute approximate surface area is 244 Å². The van der Waals surface area contributed by atoms with Crippen LogP contribution in [-0.4, -0.2) is 18.9 Å². The zero-order valence-electron chi connectivity index (χ0n) is 22.5. The maximum Gasteiger partial charge on any atom is 0.270 e. The number of anilines is 1. The second kappa shape index (κ2) is 11.8. The molecule has 0 saturated heterocycles. The van der Waals surface area contributed by atoms with Crippen LogP contribution in [0.3, 0.4) is 0 Å². The highest BCUT2D eigenvalue weighted by molar-refractivity contribution is 9.10. The molecule has 0 N–H and O–H groups in total. The van der Waals surface area contributed by atoms with Crippen molar-refractivity contribution in [1.29, 1.82) is 0 Å². The summed E-state index contributed by atoms with van der Waals surface area (Å²) in [5, 5.41) is 0.951. The van der Waals surface area contributed by atoms with Crippen molar-refractivity contribution in [1.82, 2.24) is 4.57 Å². The summed E-state index contributed by atoms with van der Waals surface area (Å²) in [5.41, 5.74) is 3.95. The van der Waals surface area contributed by atoms with Gasteiger partial charge in [-0.25, -0.2) is 12.7 Å². The molecule has 1 aromatic heterocycles. The Hall–Kier alpha value is -3.68. The van der Waals surface area contributed by atoms with Gasteiger partial charge in [0, 0.05) is 28.1 Å². The lowest BCUT2D eigenvalue weighted by atomic mass is 9.87. The molecule has 0 aliphatic carbocycles.